The second-order valence-electron chi connectivity index (χ2n) is 5.07. The van der Waals surface area contributed by atoms with Crippen molar-refractivity contribution >= 4 is 5.78 Å². The molecule has 0 spiro atoms. The molecule has 2 aromatic rings. The molecule has 0 radical (unpaired) electrons. The lowest BCUT2D eigenvalue weighted by molar-refractivity contribution is 0.209. The maximum absolute atomic E-state index is 6.28. The summed E-state index contributed by atoms with van der Waals surface area (Å²) in [5.41, 5.74) is 6.95. The third-order valence-electron chi connectivity index (χ3n) is 3.45. The second-order valence-corrected chi connectivity index (χ2v) is 5.07. The van der Waals surface area contributed by atoms with Crippen LogP contribution in [0.15, 0.2) is 12.4 Å². The Morgan fingerprint density at radius 3 is 3.00 bits per heavy atom. The number of nitrogens with two attached hydrogens (primary N) is 1. The van der Waals surface area contributed by atoms with Gasteiger partial charge in [0.05, 0.1) is 5.54 Å². The summed E-state index contributed by atoms with van der Waals surface area (Å²) in [6.07, 6.45) is 5.90. The highest BCUT2D eigenvalue weighted by molar-refractivity contribution is 5.32. The summed E-state index contributed by atoms with van der Waals surface area (Å²) >= 11 is 0. The molecule has 2 heterocycles. The molecular formula is C12H17N5O. The molecule has 1 aliphatic rings. The molecular weight excluding hydrogens is 230 g/mol. The largest absolute Gasteiger partial charge is 0.476 e. The second kappa shape index (κ2) is 4.20. The van der Waals surface area contributed by atoms with Crippen molar-refractivity contribution in [2.45, 2.75) is 38.1 Å². The van der Waals surface area contributed by atoms with Crippen molar-refractivity contribution in [1.29, 1.82) is 0 Å². The van der Waals surface area contributed by atoms with Crippen LogP contribution in [0.4, 0.5) is 0 Å². The molecule has 0 aromatic carbocycles. The van der Waals surface area contributed by atoms with Crippen molar-refractivity contribution < 1.29 is 4.74 Å². The Labute approximate surface area is 105 Å². The zero-order valence-corrected chi connectivity index (χ0v) is 10.5. The standard InChI is InChI=1S/C12H17N5O/c1-9-6-10(17-11(16-9)14-8-15-17)18-7-12(13)4-2-3-5-12/h6,8H,2-5,7,13H2,1H3. The molecule has 1 aliphatic carbocycles. The van der Waals surface area contributed by atoms with Crippen LogP contribution in [-0.4, -0.2) is 31.7 Å². The first-order valence-corrected chi connectivity index (χ1v) is 6.25. The predicted octanol–water partition coefficient (Wildman–Crippen LogP) is 1.08. The van der Waals surface area contributed by atoms with Crippen LogP contribution in [0.25, 0.3) is 5.78 Å². The van der Waals surface area contributed by atoms with Gasteiger partial charge in [-0.15, -0.1) is 0 Å². The van der Waals surface area contributed by atoms with Crippen molar-refractivity contribution in [1.82, 2.24) is 19.6 Å². The van der Waals surface area contributed by atoms with Gasteiger partial charge in [0.25, 0.3) is 5.78 Å². The van der Waals surface area contributed by atoms with Crippen molar-refractivity contribution in [2.24, 2.45) is 5.73 Å². The molecule has 1 fully saturated rings. The van der Waals surface area contributed by atoms with Gasteiger partial charge in [-0.2, -0.15) is 14.6 Å². The van der Waals surface area contributed by atoms with E-state index < -0.39 is 0 Å². The smallest absolute Gasteiger partial charge is 0.255 e. The molecule has 18 heavy (non-hydrogen) atoms. The first-order valence-electron chi connectivity index (χ1n) is 6.25. The van der Waals surface area contributed by atoms with E-state index in [9.17, 15) is 0 Å². The van der Waals surface area contributed by atoms with Crippen LogP contribution < -0.4 is 10.5 Å². The van der Waals surface area contributed by atoms with Crippen molar-refractivity contribution in [3.05, 3.63) is 18.1 Å². The van der Waals surface area contributed by atoms with Crippen molar-refractivity contribution in [3.8, 4) is 5.88 Å². The van der Waals surface area contributed by atoms with E-state index in [1.54, 1.807) is 4.52 Å². The van der Waals surface area contributed by atoms with Gasteiger partial charge in [0.15, 0.2) is 0 Å². The lowest BCUT2D eigenvalue weighted by Gasteiger charge is -2.23. The maximum Gasteiger partial charge on any atom is 0.255 e. The van der Waals surface area contributed by atoms with Gasteiger partial charge in [-0.05, 0) is 19.8 Å². The van der Waals surface area contributed by atoms with Crippen LogP contribution in [0.2, 0.25) is 0 Å². The van der Waals surface area contributed by atoms with E-state index in [-0.39, 0.29) is 5.54 Å². The van der Waals surface area contributed by atoms with Gasteiger partial charge in [-0.3, -0.25) is 0 Å². The summed E-state index contributed by atoms with van der Waals surface area (Å²) < 4.78 is 7.44. The molecule has 0 amide bonds. The number of nitrogens with zero attached hydrogens (tertiary/aromatic N) is 4. The Morgan fingerprint density at radius 1 is 1.44 bits per heavy atom. The zero-order valence-electron chi connectivity index (χ0n) is 10.5. The Kier molecular flexibility index (Phi) is 2.66. The molecule has 0 bridgehead atoms. The number of ether oxygens (including phenoxy) is 1. The molecule has 1 saturated carbocycles. The van der Waals surface area contributed by atoms with Gasteiger partial charge in [0.2, 0.25) is 5.88 Å². The van der Waals surface area contributed by atoms with E-state index in [1.165, 1.54) is 19.2 Å². The Hall–Kier alpha value is -1.69. The first-order chi connectivity index (χ1) is 8.66. The van der Waals surface area contributed by atoms with Gasteiger partial charge < -0.3 is 10.5 Å². The van der Waals surface area contributed by atoms with Gasteiger partial charge >= 0.3 is 0 Å². The maximum atomic E-state index is 6.28. The van der Waals surface area contributed by atoms with Crippen molar-refractivity contribution in [3.63, 3.8) is 0 Å². The number of hydrogen-bond donors (Lipinski definition) is 1. The minimum Gasteiger partial charge on any atom is -0.476 e. The van der Waals surface area contributed by atoms with E-state index >= 15 is 0 Å². The Balaban J connectivity index is 1.83. The normalized spacial score (nSPS) is 18.3. The number of aromatic nitrogens is 4. The quantitative estimate of drug-likeness (QED) is 0.878. The number of fused-ring (bicyclic) bond motifs is 1. The van der Waals surface area contributed by atoms with Crippen LogP contribution in [0.3, 0.4) is 0 Å². The van der Waals surface area contributed by atoms with E-state index in [0.717, 1.165) is 18.5 Å². The molecule has 0 atom stereocenters. The van der Waals surface area contributed by atoms with Crippen LogP contribution in [-0.2, 0) is 0 Å². The molecule has 6 nitrogen and oxygen atoms in total. The van der Waals surface area contributed by atoms with Crippen LogP contribution >= 0.6 is 0 Å². The monoisotopic (exact) mass is 247 g/mol. The highest BCUT2D eigenvalue weighted by atomic mass is 16.5. The number of rotatable bonds is 3. The third kappa shape index (κ3) is 2.03. The molecule has 2 aromatic heterocycles. The van der Waals surface area contributed by atoms with Crippen LogP contribution in [0, 0.1) is 6.92 Å². The summed E-state index contributed by atoms with van der Waals surface area (Å²) in [5.74, 6) is 1.22. The average molecular weight is 247 g/mol. The topological polar surface area (TPSA) is 78.3 Å². The van der Waals surface area contributed by atoms with E-state index in [0.29, 0.717) is 18.3 Å². The zero-order chi connectivity index (χ0) is 12.6. The van der Waals surface area contributed by atoms with Gasteiger partial charge in [-0.1, -0.05) is 12.8 Å². The van der Waals surface area contributed by atoms with Crippen LogP contribution in [0.1, 0.15) is 31.4 Å². The summed E-state index contributed by atoms with van der Waals surface area (Å²) in [4.78, 5) is 8.34. The SMILES string of the molecule is Cc1cc(OCC2(N)CCCC2)n2ncnc2n1. The minimum atomic E-state index is -0.190. The fourth-order valence-corrected chi connectivity index (χ4v) is 2.44. The molecule has 96 valence electrons. The molecule has 0 aliphatic heterocycles. The van der Waals surface area contributed by atoms with E-state index in [2.05, 4.69) is 15.1 Å². The molecule has 2 N–H and O–H groups in total. The lowest BCUT2D eigenvalue weighted by Crippen LogP contribution is -2.42. The van der Waals surface area contributed by atoms with E-state index in [1.807, 2.05) is 13.0 Å². The highest BCUT2D eigenvalue weighted by Gasteiger charge is 2.30. The average Bonchev–Trinajstić information content (AvgIpc) is 2.95. The number of hydrogen-bond acceptors (Lipinski definition) is 5. The fraction of sp³-hybridized carbons (Fsp3) is 0.583. The van der Waals surface area contributed by atoms with Gasteiger partial charge in [0.1, 0.15) is 12.9 Å². The van der Waals surface area contributed by atoms with E-state index in [4.69, 9.17) is 10.5 Å². The molecule has 3 rings (SSSR count). The van der Waals surface area contributed by atoms with Gasteiger partial charge in [0, 0.05) is 11.8 Å². The first kappa shape index (κ1) is 11.4. The Morgan fingerprint density at radius 2 is 2.22 bits per heavy atom. The molecule has 0 saturated heterocycles. The van der Waals surface area contributed by atoms with Crippen LogP contribution in [0.5, 0.6) is 5.88 Å². The summed E-state index contributed by atoms with van der Waals surface area (Å²) in [7, 11) is 0. The number of aryl methyl sites for hydroxylation is 1. The lowest BCUT2D eigenvalue weighted by atomic mass is 10.0. The Bertz CT molecular complexity index is 559. The third-order valence-corrected chi connectivity index (χ3v) is 3.45. The fourth-order valence-electron chi connectivity index (χ4n) is 2.44. The molecule has 0 unspecified atom stereocenters. The minimum absolute atomic E-state index is 0.190. The molecule has 6 heteroatoms. The highest BCUT2D eigenvalue weighted by Crippen LogP contribution is 2.28. The summed E-state index contributed by atoms with van der Waals surface area (Å²) in [6, 6.07) is 1.86. The predicted molar refractivity (Wildman–Crippen MR) is 66.4 cm³/mol. The summed E-state index contributed by atoms with van der Waals surface area (Å²) in [5, 5.41) is 4.10. The summed E-state index contributed by atoms with van der Waals surface area (Å²) in [6.45, 7) is 2.43. The van der Waals surface area contributed by atoms with Gasteiger partial charge in [-0.25, -0.2) is 4.98 Å². The van der Waals surface area contributed by atoms with Crippen molar-refractivity contribution in [2.75, 3.05) is 6.61 Å².